The number of amides is 3. The summed E-state index contributed by atoms with van der Waals surface area (Å²) in [6.45, 7) is 5.90. The number of carbonyl (C=O) groups excluding carboxylic acids is 2. The SMILES string of the molecule is C[C@@H]1CN([C@H](C)CO)C(=O)c2cc(NC(=O)Nc3ccc(F)cc3)ccc2O[C@@H](C)CCCCO[C@H]1CN(C)S(C)(=O)=O. The Morgan fingerprint density at radius 3 is 2.44 bits per heavy atom. The predicted molar refractivity (Wildman–Crippen MR) is 163 cm³/mol. The number of halogens is 1. The molecule has 43 heavy (non-hydrogen) atoms. The van der Waals surface area contributed by atoms with Crippen molar-refractivity contribution in [1.29, 1.82) is 0 Å². The van der Waals surface area contributed by atoms with Gasteiger partial charge >= 0.3 is 6.03 Å². The van der Waals surface area contributed by atoms with Gasteiger partial charge in [0, 0.05) is 44.0 Å². The lowest BCUT2D eigenvalue weighted by Crippen LogP contribution is -2.47. The number of likely N-dealkylation sites (N-methyl/N-ethyl adjacent to an activating group) is 1. The van der Waals surface area contributed by atoms with Gasteiger partial charge in [-0.3, -0.25) is 4.79 Å². The molecule has 0 saturated carbocycles. The zero-order chi connectivity index (χ0) is 31.7. The summed E-state index contributed by atoms with van der Waals surface area (Å²) < 4.78 is 51.1. The normalized spacial score (nSPS) is 21.3. The zero-order valence-electron chi connectivity index (χ0n) is 25.4. The van der Waals surface area contributed by atoms with Gasteiger partial charge in [-0.05, 0) is 75.6 Å². The van der Waals surface area contributed by atoms with E-state index < -0.39 is 39.9 Å². The molecule has 2 aromatic rings. The number of sulfonamides is 1. The van der Waals surface area contributed by atoms with Gasteiger partial charge in [-0.1, -0.05) is 6.92 Å². The van der Waals surface area contributed by atoms with E-state index in [-0.39, 0.29) is 37.3 Å². The molecular formula is C30H43FN4O7S. The van der Waals surface area contributed by atoms with E-state index in [0.717, 1.165) is 19.1 Å². The number of hydrogen-bond acceptors (Lipinski definition) is 7. The molecule has 0 fully saturated rings. The number of anilines is 2. The van der Waals surface area contributed by atoms with Crippen LogP contribution in [0.2, 0.25) is 0 Å². The quantitative estimate of drug-likeness (QED) is 0.422. The minimum atomic E-state index is -3.46. The smallest absolute Gasteiger partial charge is 0.323 e. The molecule has 0 aromatic heterocycles. The highest BCUT2D eigenvalue weighted by molar-refractivity contribution is 7.88. The van der Waals surface area contributed by atoms with Gasteiger partial charge in [-0.2, -0.15) is 0 Å². The first-order valence-corrected chi connectivity index (χ1v) is 16.2. The maximum absolute atomic E-state index is 14.1. The third-order valence-corrected chi connectivity index (χ3v) is 8.70. The summed E-state index contributed by atoms with van der Waals surface area (Å²) in [6.07, 6.45) is 2.63. The molecule has 1 aliphatic rings. The number of nitrogens with zero attached hydrogens (tertiary/aromatic N) is 2. The van der Waals surface area contributed by atoms with Gasteiger partial charge in [-0.25, -0.2) is 21.9 Å². The molecule has 3 amide bonds. The van der Waals surface area contributed by atoms with Crippen LogP contribution in [0.25, 0.3) is 0 Å². The van der Waals surface area contributed by atoms with Gasteiger partial charge in [0.15, 0.2) is 0 Å². The van der Waals surface area contributed by atoms with Gasteiger partial charge in [-0.15, -0.1) is 0 Å². The van der Waals surface area contributed by atoms with Crippen molar-refractivity contribution in [2.24, 2.45) is 5.92 Å². The highest BCUT2D eigenvalue weighted by atomic mass is 32.2. The number of benzene rings is 2. The van der Waals surface area contributed by atoms with Crippen molar-refractivity contribution in [2.45, 2.75) is 58.3 Å². The van der Waals surface area contributed by atoms with Crippen molar-refractivity contribution in [1.82, 2.24) is 9.21 Å². The molecule has 4 atom stereocenters. The average Bonchev–Trinajstić information content (AvgIpc) is 2.95. The summed E-state index contributed by atoms with van der Waals surface area (Å²) in [5.74, 6) is -0.811. The van der Waals surface area contributed by atoms with Crippen LogP contribution in [0.4, 0.5) is 20.6 Å². The molecule has 0 unspecified atom stereocenters. The second-order valence-electron chi connectivity index (χ2n) is 11.1. The largest absolute Gasteiger partial charge is 0.490 e. The predicted octanol–water partition coefficient (Wildman–Crippen LogP) is 4.16. The minimum absolute atomic E-state index is 0.114. The number of aliphatic hydroxyl groups is 1. The van der Waals surface area contributed by atoms with E-state index in [0.29, 0.717) is 30.2 Å². The highest BCUT2D eigenvalue weighted by Crippen LogP contribution is 2.28. The Labute approximate surface area is 253 Å². The molecule has 13 heteroatoms. The monoisotopic (exact) mass is 622 g/mol. The molecule has 0 aliphatic carbocycles. The van der Waals surface area contributed by atoms with E-state index in [1.165, 1.54) is 46.6 Å². The Morgan fingerprint density at radius 1 is 1.14 bits per heavy atom. The molecule has 0 radical (unpaired) electrons. The fourth-order valence-electron chi connectivity index (χ4n) is 4.68. The van der Waals surface area contributed by atoms with Crippen LogP contribution in [-0.2, 0) is 14.8 Å². The van der Waals surface area contributed by atoms with Crippen LogP contribution in [0.1, 0.15) is 50.4 Å². The van der Waals surface area contributed by atoms with Gasteiger partial charge in [0.2, 0.25) is 10.0 Å². The van der Waals surface area contributed by atoms with Crippen LogP contribution in [0.5, 0.6) is 5.75 Å². The summed E-state index contributed by atoms with van der Waals surface area (Å²) in [5.41, 5.74) is 0.909. The molecule has 11 nitrogen and oxygen atoms in total. The van der Waals surface area contributed by atoms with Crippen LogP contribution < -0.4 is 15.4 Å². The van der Waals surface area contributed by atoms with Gasteiger partial charge in [0.25, 0.3) is 5.91 Å². The van der Waals surface area contributed by atoms with Gasteiger partial charge in [0.05, 0.1) is 36.7 Å². The third-order valence-electron chi connectivity index (χ3n) is 7.41. The lowest BCUT2D eigenvalue weighted by atomic mass is 10.0. The second-order valence-corrected chi connectivity index (χ2v) is 13.2. The number of fused-ring (bicyclic) bond motifs is 1. The number of ether oxygens (including phenoxy) is 2. The van der Waals surface area contributed by atoms with Crippen LogP contribution in [0, 0.1) is 11.7 Å². The number of carbonyl (C=O) groups is 2. The number of rotatable bonds is 7. The fraction of sp³-hybridized carbons (Fsp3) is 0.533. The first-order chi connectivity index (χ1) is 20.3. The number of aliphatic hydroxyl groups excluding tert-OH is 1. The molecule has 1 aliphatic heterocycles. The summed E-state index contributed by atoms with van der Waals surface area (Å²) in [7, 11) is -1.96. The van der Waals surface area contributed by atoms with Crippen LogP contribution in [-0.4, -0.2) is 92.5 Å². The van der Waals surface area contributed by atoms with Crippen molar-refractivity contribution in [3.63, 3.8) is 0 Å². The van der Waals surface area contributed by atoms with E-state index in [1.807, 2.05) is 13.8 Å². The minimum Gasteiger partial charge on any atom is -0.490 e. The molecule has 0 spiro atoms. The molecule has 1 heterocycles. The van der Waals surface area contributed by atoms with Gasteiger partial charge in [0.1, 0.15) is 11.6 Å². The molecule has 238 valence electrons. The number of urea groups is 1. The van der Waals surface area contributed by atoms with E-state index in [2.05, 4.69) is 10.6 Å². The number of hydrogen-bond donors (Lipinski definition) is 3. The summed E-state index contributed by atoms with van der Waals surface area (Å²) in [6, 6.07) is 8.91. The third kappa shape index (κ3) is 10.2. The molecule has 2 aromatic carbocycles. The average molecular weight is 623 g/mol. The van der Waals surface area contributed by atoms with Crippen molar-refractivity contribution >= 4 is 33.3 Å². The van der Waals surface area contributed by atoms with E-state index in [1.54, 1.807) is 19.1 Å². The fourth-order valence-corrected chi connectivity index (χ4v) is 5.10. The Balaban J connectivity index is 1.94. The summed E-state index contributed by atoms with van der Waals surface area (Å²) in [5, 5.41) is 15.4. The molecule has 3 rings (SSSR count). The lowest BCUT2D eigenvalue weighted by molar-refractivity contribution is -0.00828. The maximum Gasteiger partial charge on any atom is 0.323 e. The first kappa shape index (κ1) is 34.2. The first-order valence-electron chi connectivity index (χ1n) is 14.4. The zero-order valence-corrected chi connectivity index (χ0v) is 26.2. The van der Waals surface area contributed by atoms with Crippen molar-refractivity contribution in [3.05, 3.63) is 53.8 Å². The Hall–Kier alpha value is -3.26. The molecule has 0 bridgehead atoms. The molecule has 3 N–H and O–H groups in total. The van der Waals surface area contributed by atoms with Gasteiger partial charge < -0.3 is 30.1 Å². The van der Waals surface area contributed by atoms with E-state index in [9.17, 15) is 27.5 Å². The Morgan fingerprint density at radius 2 is 1.79 bits per heavy atom. The van der Waals surface area contributed by atoms with Crippen LogP contribution in [0.3, 0.4) is 0 Å². The summed E-state index contributed by atoms with van der Waals surface area (Å²) >= 11 is 0. The molecule has 0 saturated heterocycles. The van der Waals surface area contributed by atoms with Crippen LogP contribution >= 0.6 is 0 Å². The lowest BCUT2D eigenvalue weighted by Gasteiger charge is -2.35. The maximum atomic E-state index is 14.1. The van der Waals surface area contributed by atoms with Crippen molar-refractivity contribution in [3.8, 4) is 5.75 Å². The highest BCUT2D eigenvalue weighted by Gasteiger charge is 2.31. The van der Waals surface area contributed by atoms with Crippen molar-refractivity contribution in [2.75, 3.05) is 50.2 Å². The summed E-state index contributed by atoms with van der Waals surface area (Å²) in [4.78, 5) is 28.3. The van der Waals surface area contributed by atoms with Crippen LogP contribution in [0.15, 0.2) is 42.5 Å². The van der Waals surface area contributed by atoms with Crippen molar-refractivity contribution < 1.29 is 37.0 Å². The second kappa shape index (κ2) is 15.5. The number of nitrogens with one attached hydrogen (secondary N) is 2. The standard InChI is InChI=1S/C30H43FN4O7S/c1-20-17-35(21(2)19-36)29(37)26-16-25(33-30(38)32-24-11-9-23(31)10-12-24)13-14-27(26)42-22(3)8-6-7-15-41-28(20)18-34(4)43(5,39)40/h9-14,16,20-22,28,36H,6-8,15,17-19H2,1-5H3,(H2,32,33,38)/t20-,21-,22+,28+/m1/s1. The van der Waals surface area contributed by atoms with E-state index in [4.69, 9.17) is 9.47 Å². The Kier molecular flexibility index (Phi) is 12.3. The Bertz CT molecular complexity index is 1340. The topological polar surface area (TPSA) is 138 Å². The van der Waals surface area contributed by atoms with E-state index >= 15 is 0 Å². The molecular weight excluding hydrogens is 579 g/mol.